The van der Waals surface area contributed by atoms with E-state index in [1.165, 1.54) is 5.56 Å². The third-order valence-electron chi connectivity index (χ3n) is 4.34. The minimum absolute atomic E-state index is 0.422. The van der Waals surface area contributed by atoms with Gasteiger partial charge in [0.2, 0.25) is 5.88 Å². The number of methoxy groups -OCH3 is 1. The molecule has 0 unspecified atom stereocenters. The molecule has 0 aliphatic heterocycles. The van der Waals surface area contributed by atoms with Crippen LogP contribution in [-0.4, -0.2) is 22.9 Å². The molecule has 0 saturated heterocycles. The van der Waals surface area contributed by atoms with Crippen LogP contribution < -0.4 is 9.47 Å². The average molecular weight is 364 g/mol. The number of benzene rings is 2. The number of carbonyl (C=O) groups excluding carboxylic acids is 1. The molecule has 0 fully saturated rings. The Balaban J connectivity index is 1.94. The van der Waals surface area contributed by atoms with Gasteiger partial charge in [-0.2, -0.15) is 5.10 Å². The van der Waals surface area contributed by atoms with Crippen molar-refractivity contribution in [1.82, 2.24) is 9.78 Å². The van der Waals surface area contributed by atoms with Crippen LogP contribution in [0.25, 0.3) is 5.69 Å². The van der Waals surface area contributed by atoms with Crippen LogP contribution >= 0.6 is 0 Å². The number of esters is 1. The van der Waals surface area contributed by atoms with Crippen molar-refractivity contribution in [3.05, 3.63) is 70.9 Å². The summed E-state index contributed by atoms with van der Waals surface area (Å²) in [5, 5.41) is 4.65. The molecule has 0 bridgehead atoms. The van der Waals surface area contributed by atoms with Gasteiger partial charge in [-0.15, -0.1) is 0 Å². The first-order valence-electron chi connectivity index (χ1n) is 9.04. The summed E-state index contributed by atoms with van der Waals surface area (Å²) >= 11 is 0. The second-order valence-corrected chi connectivity index (χ2v) is 6.54. The predicted octanol–water partition coefficient (Wildman–Crippen LogP) is 4.67. The zero-order chi connectivity index (χ0) is 19.4. The van der Waals surface area contributed by atoms with Crippen LogP contribution in [0.1, 0.15) is 40.5 Å². The molecule has 140 valence electrons. The molecule has 0 spiro atoms. The highest BCUT2D eigenvalue weighted by Gasteiger charge is 2.17. The maximum atomic E-state index is 12.6. The Labute approximate surface area is 159 Å². The van der Waals surface area contributed by atoms with Gasteiger partial charge in [-0.3, -0.25) is 0 Å². The van der Waals surface area contributed by atoms with Crippen LogP contribution in [0.15, 0.2) is 48.5 Å². The van der Waals surface area contributed by atoms with Gasteiger partial charge in [-0.1, -0.05) is 31.0 Å². The molecule has 0 amide bonds. The molecule has 0 N–H and O–H groups in total. The number of aryl methyl sites for hydroxylation is 3. The van der Waals surface area contributed by atoms with Crippen LogP contribution in [0.2, 0.25) is 0 Å². The van der Waals surface area contributed by atoms with Gasteiger partial charge in [0.1, 0.15) is 5.75 Å². The van der Waals surface area contributed by atoms with E-state index in [-0.39, 0.29) is 0 Å². The van der Waals surface area contributed by atoms with E-state index in [2.05, 4.69) is 18.1 Å². The third kappa shape index (κ3) is 4.19. The lowest BCUT2D eigenvalue weighted by Crippen LogP contribution is -2.12. The van der Waals surface area contributed by atoms with Crippen molar-refractivity contribution >= 4 is 5.97 Å². The molecule has 3 aromatic rings. The van der Waals surface area contributed by atoms with Crippen molar-refractivity contribution in [2.75, 3.05) is 7.11 Å². The predicted molar refractivity (Wildman–Crippen MR) is 105 cm³/mol. The van der Waals surface area contributed by atoms with Crippen LogP contribution in [0.3, 0.4) is 0 Å². The Hall–Kier alpha value is -3.08. The highest BCUT2D eigenvalue weighted by molar-refractivity contribution is 5.91. The number of aromatic nitrogens is 2. The van der Waals surface area contributed by atoms with Gasteiger partial charge in [0.05, 0.1) is 24.1 Å². The third-order valence-corrected chi connectivity index (χ3v) is 4.34. The SMILES string of the molecule is CCCc1cc(OC(=O)c2ccc(OC)cc2)n(-c2ccc(C)cc2C)n1. The Kier molecular flexibility index (Phi) is 5.60. The molecule has 0 atom stereocenters. The van der Waals surface area contributed by atoms with E-state index in [1.807, 2.05) is 32.0 Å². The molecule has 0 aliphatic carbocycles. The lowest BCUT2D eigenvalue weighted by atomic mass is 10.1. The zero-order valence-electron chi connectivity index (χ0n) is 16.2. The number of nitrogens with zero attached hydrogens (tertiary/aromatic N) is 2. The molecule has 0 saturated carbocycles. The van der Waals surface area contributed by atoms with Gasteiger partial charge in [0, 0.05) is 6.07 Å². The largest absolute Gasteiger partial charge is 0.497 e. The summed E-state index contributed by atoms with van der Waals surface area (Å²) in [5.74, 6) is 0.690. The fourth-order valence-corrected chi connectivity index (χ4v) is 2.96. The second-order valence-electron chi connectivity index (χ2n) is 6.54. The molecule has 1 aromatic heterocycles. The van der Waals surface area contributed by atoms with E-state index in [9.17, 15) is 4.79 Å². The first-order valence-corrected chi connectivity index (χ1v) is 9.04. The monoisotopic (exact) mass is 364 g/mol. The summed E-state index contributed by atoms with van der Waals surface area (Å²) in [6.07, 6.45) is 1.79. The minimum atomic E-state index is -0.424. The van der Waals surface area contributed by atoms with Crippen LogP contribution in [0.5, 0.6) is 11.6 Å². The maximum absolute atomic E-state index is 12.6. The van der Waals surface area contributed by atoms with Crippen LogP contribution in [-0.2, 0) is 6.42 Å². The van der Waals surface area contributed by atoms with Gasteiger partial charge < -0.3 is 9.47 Å². The summed E-state index contributed by atoms with van der Waals surface area (Å²) < 4.78 is 12.5. The summed E-state index contributed by atoms with van der Waals surface area (Å²) in [6, 6.07) is 14.8. The first kappa shape index (κ1) is 18.7. The standard InChI is InChI=1S/C22H24N2O3/c1-5-6-18-14-21(24(23-18)20-12-7-15(2)13-16(20)3)27-22(25)17-8-10-19(26-4)11-9-17/h7-14H,5-6H2,1-4H3. The number of ether oxygens (including phenoxy) is 2. The van der Waals surface area contributed by atoms with E-state index in [0.717, 1.165) is 29.8 Å². The Morgan fingerprint density at radius 2 is 1.81 bits per heavy atom. The van der Waals surface area contributed by atoms with Crippen LogP contribution in [0.4, 0.5) is 0 Å². The van der Waals surface area contributed by atoms with Crippen molar-refractivity contribution in [2.45, 2.75) is 33.6 Å². The van der Waals surface area contributed by atoms with Crippen molar-refractivity contribution in [3.8, 4) is 17.3 Å². The van der Waals surface area contributed by atoms with Crippen molar-refractivity contribution in [2.24, 2.45) is 0 Å². The molecule has 3 rings (SSSR count). The fraction of sp³-hybridized carbons (Fsp3) is 0.273. The summed E-state index contributed by atoms with van der Waals surface area (Å²) in [7, 11) is 1.59. The van der Waals surface area contributed by atoms with Gasteiger partial charge in [0.15, 0.2) is 0 Å². The molecule has 2 aromatic carbocycles. The molecule has 1 heterocycles. The highest BCUT2D eigenvalue weighted by atomic mass is 16.5. The lowest BCUT2D eigenvalue weighted by molar-refractivity contribution is 0.0723. The molecule has 0 radical (unpaired) electrons. The smallest absolute Gasteiger partial charge is 0.344 e. The topological polar surface area (TPSA) is 53.4 Å². The zero-order valence-corrected chi connectivity index (χ0v) is 16.2. The Morgan fingerprint density at radius 3 is 2.44 bits per heavy atom. The van der Waals surface area contributed by atoms with Gasteiger partial charge >= 0.3 is 5.97 Å². The normalized spacial score (nSPS) is 10.7. The number of carbonyl (C=O) groups is 1. The van der Waals surface area contributed by atoms with Crippen molar-refractivity contribution in [1.29, 1.82) is 0 Å². The summed E-state index contributed by atoms with van der Waals surface area (Å²) in [4.78, 5) is 12.6. The van der Waals surface area contributed by atoms with E-state index >= 15 is 0 Å². The first-order chi connectivity index (χ1) is 13.0. The Morgan fingerprint density at radius 1 is 1.07 bits per heavy atom. The van der Waals surface area contributed by atoms with E-state index < -0.39 is 5.97 Å². The second kappa shape index (κ2) is 8.08. The average Bonchev–Trinajstić information content (AvgIpc) is 3.04. The van der Waals surface area contributed by atoms with Gasteiger partial charge in [-0.25, -0.2) is 9.48 Å². The quantitative estimate of drug-likeness (QED) is 0.597. The fourth-order valence-electron chi connectivity index (χ4n) is 2.96. The van der Waals surface area contributed by atoms with Crippen molar-refractivity contribution in [3.63, 3.8) is 0 Å². The summed E-state index contributed by atoms with van der Waals surface area (Å²) in [6.45, 7) is 6.17. The minimum Gasteiger partial charge on any atom is -0.497 e. The van der Waals surface area contributed by atoms with Crippen LogP contribution in [0, 0.1) is 13.8 Å². The molecule has 5 nitrogen and oxygen atoms in total. The van der Waals surface area contributed by atoms with E-state index in [0.29, 0.717) is 17.2 Å². The molecular weight excluding hydrogens is 340 g/mol. The highest BCUT2D eigenvalue weighted by Crippen LogP contribution is 2.25. The molecule has 27 heavy (non-hydrogen) atoms. The number of hydrogen-bond acceptors (Lipinski definition) is 4. The van der Waals surface area contributed by atoms with Crippen molar-refractivity contribution < 1.29 is 14.3 Å². The van der Waals surface area contributed by atoms with Gasteiger partial charge in [-0.05, 0) is 56.2 Å². The lowest BCUT2D eigenvalue weighted by Gasteiger charge is -2.11. The maximum Gasteiger partial charge on any atom is 0.344 e. The molecule has 5 heteroatoms. The van der Waals surface area contributed by atoms with Gasteiger partial charge in [0.25, 0.3) is 0 Å². The molecular formula is C22H24N2O3. The van der Waals surface area contributed by atoms with E-state index in [4.69, 9.17) is 9.47 Å². The molecule has 0 aliphatic rings. The number of rotatable bonds is 6. The van der Waals surface area contributed by atoms with E-state index in [1.54, 1.807) is 36.1 Å². The number of hydrogen-bond donors (Lipinski definition) is 0. The summed E-state index contributed by atoms with van der Waals surface area (Å²) in [5.41, 5.74) is 4.51. The Bertz CT molecular complexity index is 943.